The van der Waals surface area contributed by atoms with Gasteiger partial charge in [-0.05, 0) is 66.7 Å². The Balaban J connectivity index is 1.71. The molecule has 4 rings (SSSR count). The lowest BCUT2D eigenvalue weighted by Crippen LogP contribution is -2.24. The highest BCUT2D eigenvalue weighted by Crippen LogP contribution is 2.30. The third kappa shape index (κ3) is 5.12. The van der Waals surface area contributed by atoms with Crippen LogP contribution in [0.25, 0.3) is 10.9 Å². The number of nitrogens with one attached hydrogen (secondary N) is 1. The Morgan fingerprint density at radius 1 is 0.972 bits per heavy atom. The van der Waals surface area contributed by atoms with E-state index >= 15 is 0 Å². The maximum atomic E-state index is 13.3. The Morgan fingerprint density at radius 3 is 2.25 bits per heavy atom. The molecule has 0 unspecified atom stereocenters. The summed E-state index contributed by atoms with van der Waals surface area (Å²) in [6.45, 7) is -0.353. The highest BCUT2D eigenvalue weighted by Gasteiger charge is 2.30. The number of ketones is 1. The predicted octanol–water partition coefficient (Wildman–Crippen LogP) is 5.04. The molecule has 0 saturated heterocycles. The van der Waals surface area contributed by atoms with Crippen molar-refractivity contribution >= 4 is 28.3 Å². The number of rotatable bonds is 6. The first kappa shape index (κ1) is 24.6. The number of hydrogen-bond donors (Lipinski definition) is 1. The van der Waals surface area contributed by atoms with Gasteiger partial charge in [0.1, 0.15) is 18.1 Å². The van der Waals surface area contributed by atoms with Gasteiger partial charge >= 0.3 is 6.18 Å². The Labute approximate surface area is 201 Å². The van der Waals surface area contributed by atoms with E-state index in [-0.39, 0.29) is 28.7 Å². The summed E-state index contributed by atoms with van der Waals surface area (Å²) >= 11 is 0. The minimum atomic E-state index is -4.51. The predicted molar refractivity (Wildman–Crippen MR) is 125 cm³/mol. The van der Waals surface area contributed by atoms with Crippen LogP contribution in [0.1, 0.15) is 21.5 Å². The van der Waals surface area contributed by atoms with Crippen molar-refractivity contribution in [2.45, 2.75) is 12.7 Å². The van der Waals surface area contributed by atoms with Gasteiger partial charge in [0.2, 0.25) is 11.3 Å². The molecule has 0 radical (unpaired) electrons. The van der Waals surface area contributed by atoms with E-state index in [9.17, 15) is 31.9 Å². The Hall–Kier alpha value is -4.47. The molecule has 0 bridgehead atoms. The van der Waals surface area contributed by atoms with E-state index in [0.29, 0.717) is 11.3 Å². The molecule has 1 amide bonds. The fraction of sp³-hybridized carbons (Fsp3) is 0.115. The third-order valence-corrected chi connectivity index (χ3v) is 5.45. The number of alkyl halides is 3. The van der Waals surface area contributed by atoms with E-state index in [2.05, 4.69) is 5.32 Å². The second kappa shape index (κ2) is 9.65. The largest absolute Gasteiger partial charge is 0.497 e. The van der Waals surface area contributed by atoms with Crippen molar-refractivity contribution in [1.82, 2.24) is 4.57 Å². The molecule has 184 valence electrons. The molecule has 0 atom stereocenters. The van der Waals surface area contributed by atoms with Crippen molar-refractivity contribution < 1.29 is 31.9 Å². The van der Waals surface area contributed by atoms with Gasteiger partial charge in [0.25, 0.3) is 0 Å². The van der Waals surface area contributed by atoms with Crippen LogP contribution in [0.3, 0.4) is 0 Å². The van der Waals surface area contributed by atoms with Crippen LogP contribution >= 0.6 is 0 Å². The molecule has 0 aliphatic rings. The molecule has 10 heteroatoms. The van der Waals surface area contributed by atoms with Gasteiger partial charge in [0.05, 0.1) is 29.1 Å². The Morgan fingerprint density at radius 2 is 1.64 bits per heavy atom. The molecular weight excluding hydrogens is 480 g/mol. The zero-order valence-corrected chi connectivity index (χ0v) is 18.7. The highest BCUT2D eigenvalue weighted by atomic mass is 19.4. The molecule has 36 heavy (non-hydrogen) atoms. The smallest absolute Gasteiger partial charge is 0.416 e. The Kier molecular flexibility index (Phi) is 6.61. The average Bonchev–Trinajstić information content (AvgIpc) is 2.85. The number of nitrogens with zero attached hydrogens (tertiary/aromatic N) is 1. The van der Waals surface area contributed by atoms with E-state index in [1.807, 2.05) is 0 Å². The number of benzene rings is 3. The fourth-order valence-electron chi connectivity index (χ4n) is 3.65. The van der Waals surface area contributed by atoms with Crippen LogP contribution in [0.5, 0.6) is 5.75 Å². The summed E-state index contributed by atoms with van der Waals surface area (Å²) in [6, 6.07) is 13.2. The fourth-order valence-corrected chi connectivity index (χ4v) is 3.65. The Bertz CT molecular complexity index is 1510. The van der Waals surface area contributed by atoms with E-state index in [1.54, 1.807) is 12.1 Å². The number of hydrogen-bond acceptors (Lipinski definition) is 4. The number of carbonyl (C=O) groups excluding carboxylic acids is 2. The van der Waals surface area contributed by atoms with Crippen molar-refractivity contribution in [3.63, 3.8) is 0 Å². The molecule has 0 aliphatic carbocycles. The van der Waals surface area contributed by atoms with Crippen LogP contribution < -0.4 is 15.5 Å². The number of carbonyl (C=O) groups is 2. The van der Waals surface area contributed by atoms with Crippen LogP contribution in [0.4, 0.5) is 23.2 Å². The quantitative estimate of drug-likeness (QED) is 0.299. The van der Waals surface area contributed by atoms with E-state index in [1.165, 1.54) is 36.1 Å². The van der Waals surface area contributed by atoms with Gasteiger partial charge < -0.3 is 14.6 Å². The van der Waals surface area contributed by atoms with Crippen LogP contribution in [0, 0.1) is 5.82 Å². The van der Waals surface area contributed by atoms with Crippen molar-refractivity contribution in [3.8, 4) is 5.75 Å². The first-order valence-corrected chi connectivity index (χ1v) is 10.6. The molecule has 6 nitrogen and oxygen atoms in total. The number of amides is 1. The molecular formula is C26H18F4N2O4. The number of halogens is 4. The van der Waals surface area contributed by atoms with Gasteiger partial charge in [-0.15, -0.1) is 0 Å². The molecule has 0 aliphatic heterocycles. The minimum absolute atomic E-state index is 0.0801. The summed E-state index contributed by atoms with van der Waals surface area (Å²) in [5.41, 5.74) is -1.15. The first-order chi connectivity index (χ1) is 17.1. The van der Waals surface area contributed by atoms with Crippen LogP contribution in [-0.2, 0) is 17.5 Å². The van der Waals surface area contributed by atoms with E-state index < -0.39 is 34.7 Å². The van der Waals surface area contributed by atoms with Gasteiger partial charge in [-0.2, -0.15) is 13.2 Å². The summed E-state index contributed by atoms with van der Waals surface area (Å²) in [5, 5.41) is 2.62. The van der Waals surface area contributed by atoms with Crippen molar-refractivity contribution in [2.24, 2.45) is 0 Å². The lowest BCUT2D eigenvalue weighted by Gasteiger charge is -2.14. The monoisotopic (exact) mass is 498 g/mol. The summed E-state index contributed by atoms with van der Waals surface area (Å²) in [6.07, 6.45) is -3.28. The van der Waals surface area contributed by atoms with Crippen molar-refractivity contribution in [3.05, 3.63) is 106 Å². The molecule has 4 aromatic rings. The molecule has 0 spiro atoms. The van der Waals surface area contributed by atoms with Gasteiger partial charge in [0.15, 0.2) is 5.78 Å². The van der Waals surface area contributed by atoms with E-state index in [4.69, 9.17) is 4.74 Å². The second-order valence-electron chi connectivity index (χ2n) is 7.84. The van der Waals surface area contributed by atoms with E-state index in [0.717, 1.165) is 36.4 Å². The molecule has 0 saturated carbocycles. The molecule has 3 aromatic carbocycles. The summed E-state index contributed by atoms with van der Waals surface area (Å²) in [7, 11) is 1.41. The van der Waals surface area contributed by atoms with Gasteiger partial charge in [-0.3, -0.25) is 14.4 Å². The minimum Gasteiger partial charge on any atom is -0.497 e. The third-order valence-electron chi connectivity index (χ3n) is 5.45. The summed E-state index contributed by atoms with van der Waals surface area (Å²) in [4.78, 5) is 38.9. The topological polar surface area (TPSA) is 77.4 Å². The van der Waals surface area contributed by atoms with Crippen LogP contribution in [0.15, 0.2) is 77.7 Å². The van der Waals surface area contributed by atoms with Gasteiger partial charge in [-0.25, -0.2) is 4.39 Å². The number of anilines is 1. The number of pyridine rings is 1. The molecule has 1 heterocycles. The zero-order valence-electron chi connectivity index (χ0n) is 18.7. The average molecular weight is 498 g/mol. The van der Waals surface area contributed by atoms with Crippen molar-refractivity contribution in [2.75, 3.05) is 12.4 Å². The van der Waals surface area contributed by atoms with Gasteiger partial charge in [-0.1, -0.05) is 0 Å². The zero-order chi connectivity index (χ0) is 26.0. The maximum absolute atomic E-state index is 13.3. The second-order valence-corrected chi connectivity index (χ2v) is 7.84. The normalized spacial score (nSPS) is 11.4. The lowest BCUT2D eigenvalue weighted by atomic mass is 10.0. The molecule has 1 N–H and O–H groups in total. The first-order valence-electron chi connectivity index (χ1n) is 10.6. The SMILES string of the molecule is COc1ccc2c(c1)c(=O)c(C(=O)c1ccc(F)cc1)cn2CC(=O)Nc1ccc(C(F)(F)F)cc1. The van der Waals surface area contributed by atoms with Crippen LogP contribution in [0.2, 0.25) is 0 Å². The molecule has 1 aromatic heterocycles. The standard InChI is InChI=1S/C26H18F4N2O4/c1-36-19-10-11-22-20(12-19)25(35)21(24(34)15-2-6-17(27)7-3-15)13-32(22)14-23(33)31-18-8-4-16(5-9-18)26(28,29)30/h2-13H,14H2,1H3,(H,31,33). The summed E-state index contributed by atoms with van der Waals surface area (Å²) in [5.74, 6) is -1.46. The molecule has 0 fully saturated rings. The number of fused-ring (bicyclic) bond motifs is 1. The lowest BCUT2D eigenvalue weighted by molar-refractivity contribution is -0.137. The summed E-state index contributed by atoms with van der Waals surface area (Å²) < 4.78 is 58.2. The van der Waals surface area contributed by atoms with Crippen LogP contribution in [-0.4, -0.2) is 23.4 Å². The van der Waals surface area contributed by atoms with Crippen molar-refractivity contribution in [1.29, 1.82) is 0 Å². The number of aromatic nitrogens is 1. The highest BCUT2D eigenvalue weighted by molar-refractivity contribution is 6.10. The number of methoxy groups -OCH3 is 1. The number of ether oxygens (including phenoxy) is 1. The van der Waals surface area contributed by atoms with Gasteiger partial charge in [0, 0.05) is 17.4 Å². The maximum Gasteiger partial charge on any atom is 0.416 e.